The monoisotopic (exact) mass is 284 g/mol. The molecule has 0 atom stereocenters. The van der Waals surface area contributed by atoms with Crippen LogP contribution in [0.4, 0.5) is 0 Å². The Labute approximate surface area is 111 Å². The van der Waals surface area contributed by atoms with E-state index in [0.717, 1.165) is 37.0 Å². The minimum atomic E-state index is -3.82. The van der Waals surface area contributed by atoms with Gasteiger partial charge >= 0.3 is 0 Å². The van der Waals surface area contributed by atoms with Crippen LogP contribution in [0.5, 0.6) is 0 Å². The zero-order valence-corrected chi connectivity index (χ0v) is 11.3. The van der Waals surface area contributed by atoms with E-state index in [1.165, 1.54) is 6.33 Å². The Morgan fingerprint density at radius 2 is 1.95 bits per heavy atom. The van der Waals surface area contributed by atoms with E-state index >= 15 is 0 Å². The molecule has 2 aromatic rings. The average Bonchev–Trinajstić information content (AvgIpc) is 2.76. The van der Waals surface area contributed by atoms with Crippen LogP contribution < -0.4 is 0 Å². The molecule has 0 saturated carbocycles. The summed E-state index contributed by atoms with van der Waals surface area (Å²) >= 11 is 0. The number of hydrogen-bond donors (Lipinski definition) is 1. The molecule has 0 aliphatic heterocycles. The Kier molecular flexibility index (Phi) is 4.43. The van der Waals surface area contributed by atoms with E-state index in [1.807, 2.05) is 4.57 Å². The predicted octanol–water partition coefficient (Wildman–Crippen LogP) is 1.27. The minimum absolute atomic E-state index is 0.159. The number of nitrogens with zero attached hydrogens (tertiary/aromatic N) is 4. The van der Waals surface area contributed by atoms with Gasteiger partial charge < -0.3 is 4.57 Å². The lowest BCUT2D eigenvalue weighted by atomic mass is 10.2. The minimum Gasteiger partial charge on any atom is -0.315 e. The molecule has 0 radical (unpaired) electrons. The second-order valence-electron chi connectivity index (χ2n) is 4.37. The molecule has 1 N–H and O–H groups in total. The van der Waals surface area contributed by atoms with E-state index in [-0.39, 0.29) is 5.75 Å². The molecule has 0 fully saturated rings. The smallest absolute Gasteiger partial charge is 0.264 e. The summed E-state index contributed by atoms with van der Waals surface area (Å²) in [4.78, 5) is 12.3. The molecule has 8 heteroatoms. The van der Waals surface area contributed by atoms with E-state index in [1.54, 1.807) is 12.5 Å². The maximum atomic E-state index is 10.5. The molecule has 104 valence electrons. The normalized spacial score (nSPS) is 12.1. The van der Waals surface area contributed by atoms with Gasteiger partial charge in [-0.15, -0.1) is 0 Å². The number of rotatable bonds is 7. The van der Waals surface area contributed by atoms with Crippen molar-refractivity contribution in [2.24, 2.45) is 0 Å². The van der Waals surface area contributed by atoms with Crippen LogP contribution in [0, 0.1) is 0 Å². The standard InChI is InChI=1S/C11H16N4O3S/c16-19(17,18)6-4-2-1-3-5-15-9-14-10-7-12-8-13-11(10)15/h7-9H,1-6H2,(H,16,17,18). The molecular formula is C11H16N4O3S. The molecule has 2 heterocycles. The first-order chi connectivity index (χ1) is 9.06. The van der Waals surface area contributed by atoms with Crippen molar-refractivity contribution in [2.45, 2.75) is 32.2 Å². The van der Waals surface area contributed by atoms with Crippen LogP contribution >= 0.6 is 0 Å². The van der Waals surface area contributed by atoms with Gasteiger partial charge in [-0.25, -0.2) is 15.0 Å². The van der Waals surface area contributed by atoms with Crippen LogP contribution in [0.15, 0.2) is 18.9 Å². The fourth-order valence-electron chi connectivity index (χ4n) is 1.90. The van der Waals surface area contributed by atoms with Crippen LogP contribution in [0.2, 0.25) is 0 Å². The molecule has 0 spiro atoms. The molecule has 19 heavy (non-hydrogen) atoms. The third-order valence-corrected chi connectivity index (χ3v) is 3.64. The predicted molar refractivity (Wildman–Crippen MR) is 70.2 cm³/mol. The second-order valence-corrected chi connectivity index (χ2v) is 5.94. The summed E-state index contributed by atoms with van der Waals surface area (Å²) in [5, 5.41) is 0. The first-order valence-corrected chi connectivity index (χ1v) is 7.73. The molecule has 0 unspecified atom stereocenters. The molecule has 0 aromatic carbocycles. The Balaban J connectivity index is 1.74. The molecule has 7 nitrogen and oxygen atoms in total. The van der Waals surface area contributed by atoms with Crippen molar-refractivity contribution >= 4 is 21.3 Å². The molecule has 0 bridgehead atoms. The largest absolute Gasteiger partial charge is 0.315 e. The average molecular weight is 284 g/mol. The van der Waals surface area contributed by atoms with Crippen molar-refractivity contribution in [1.82, 2.24) is 19.5 Å². The van der Waals surface area contributed by atoms with Crippen molar-refractivity contribution in [3.8, 4) is 0 Å². The quantitative estimate of drug-likeness (QED) is 0.607. The first kappa shape index (κ1) is 13.9. The van der Waals surface area contributed by atoms with Gasteiger partial charge in [0.2, 0.25) is 0 Å². The highest BCUT2D eigenvalue weighted by atomic mass is 32.2. The van der Waals surface area contributed by atoms with Gasteiger partial charge in [0.1, 0.15) is 11.8 Å². The van der Waals surface area contributed by atoms with Gasteiger partial charge in [-0.05, 0) is 12.8 Å². The first-order valence-electron chi connectivity index (χ1n) is 6.12. The summed E-state index contributed by atoms with van der Waals surface area (Å²) in [7, 11) is -3.82. The highest BCUT2D eigenvalue weighted by molar-refractivity contribution is 7.85. The van der Waals surface area contributed by atoms with Crippen molar-refractivity contribution in [1.29, 1.82) is 0 Å². The van der Waals surface area contributed by atoms with E-state index in [2.05, 4.69) is 15.0 Å². The van der Waals surface area contributed by atoms with Gasteiger partial charge in [-0.3, -0.25) is 4.55 Å². The number of aryl methyl sites for hydroxylation is 1. The van der Waals surface area contributed by atoms with Crippen LogP contribution in [0.25, 0.3) is 11.2 Å². The Hall–Kier alpha value is -1.54. The van der Waals surface area contributed by atoms with Gasteiger partial charge in [-0.1, -0.05) is 12.8 Å². The van der Waals surface area contributed by atoms with Gasteiger partial charge in [0.25, 0.3) is 10.1 Å². The van der Waals surface area contributed by atoms with E-state index in [4.69, 9.17) is 4.55 Å². The van der Waals surface area contributed by atoms with Crippen LogP contribution in [0.3, 0.4) is 0 Å². The highest BCUT2D eigenvalue weighted by Crippen LogP contribution is 2.10. The molecule has 0 aliphatic rings. The highest BCUT2D eigenvalue weighted by Gasteiger charge is 2.04. The van der Waals surface area contributed by atoms with Crippen molar-refractivity contribution in [3.05, 3.63) is 18.9 Å². The van der Waals surface area contributed by atoms with Crippen molar-refractivity contribution < 1.29 is 13.0 Å². The van der Waals surface area contributed by atoms with Crippen molar-refractivity contribution in [2.75, 3.05) is 5.75 Å². The molecule has 0 amide bonds. The number of fused-ring (bicyclic) bond motifs is 1. The van der Waals surface area contributed by atoms with Gasteiger partial charge in [0.15, 0.2) is 5.65 Å². The zero-order valence-electron chi connectivity index (χ0n) is 10.4. The summed E-state index contributed by atoms with van der Waals surface area (Å²) < 4.78 is 31.6. The lowest BCUT2D eigenvalue weighted by molar-refractivity contribution is 0.478. The molecular weight excluding hydrogens is 268 g/mol. The summed E-state index contributed by atoms with van der Waals surface area (Å²) in [6, 6.07) is 0. The fourth-order valence-corrected chi connectivity index (χ4v) is 2.47. The van der Waals surface area contributed by atoms with Crippen LogP contribution in [-0.2, 0) is 16.7 Å². The van der Waals surface area contributed by atoms with Gasteiger partial charge in [-0.2, -0.15) is 8.42 Å². The number of unbranched alkanes of at least 4 members (excludes halogenated alkanes) is 3. The molecule has 2 aromatic heterocycles. The molecule has 0 saturated heterocycles. The summed E-state index contributed by atoms with van der Waals surface area (Å²) in [5.41, 5.74) is 1.59. The fraction of sp³-hybridized carbons (Fsp3) is 0.545. The SMILES string of the molecule is O=S(=O)(O)CCCCCCn1cnc2cncnc21. The topological polar surface area (TPSA) is 98.0 Å². The van der Waals surface area contributed by atoms with Gasteiger partial charge in [0, 0.05) is 6.54 Å². The lowest BCUT2D eigenvalue weighted by Crippen LogP contribution is -2.03. The third-order valence-electron chi connectivity index (χ3n) is 2.83. The molecule has 0 aliphatic carbocycles. The summed E-state index contributed by atoms with van der Waals surface area (Å²) in [5.74, 6) is -0.159. The van der Waals surface area contributed by atoms with Crippen molar-refractivity contribution in [3.63, 3.8) is 0 Å². The number of hydrogen-bond acceptors (Lipinski definition) is 5. The maximum Gasteiger partial charge on any atom is 0.264 e. The van der Waals surface area contributed by atoms with E-state index < -0.39 is 10.1 Å². The third kappa shape index (κ3) is 4.25. The van der Waals surface area contributed by atoms with Crippen LogP contribution in [0.1, 0.15) is 25.7 Å². The summed E-state index contributed by atoms with van der Waals surface area (Å²) in [6.45, 7) is 0.791. The van der Waals surface area contributed by atoms with E-state index in [0.29, 0.717) is 6.42 Å². The zero-order chi connectivity index (χ0) is 13.7. The Morgan fingerprint density at radius 3 is 2.74 bits per heavy atom. The number of aromatic nitrogens is 4. The number of imidazole rings is 1. The Bertz CT molecular complexity index is 638. The second kappa shape index (κ2) is 6.07. The maximum absolute atomic E-state index is 10.5. The lowest BCUT2D eigenvalue weighted by Gasteiger charge is -2.03. The molecule has 2 rings (SSSR count). The summed E-state index contributed by atoms with van der Waals surface area (Å²) in [6.07, 6.45) is 7.99. The van der Waals surface area contributed by atoms with Gasteiger partial charge in [0.05, 0.1) is 18.3 Å². The Morgan fingerprint density at radius 1 is 1.16 bits per heavy atom. The van der Waals surface area contributed by atoms with E-state index in [9.17, 15) is 8.42 Å². The van der Waals surface area contributed by atoms with Crippen LogP contribution in [-0.4, -0.2) is 38.2 Å².